The fourth-order valence-electron chi connectivity index (χ4n) is 4.73. The molecule has 0 unspecified atom stereocenters. The van der Waals surface area contributed by atoms with Crippen LogP contribution in [0, 0.1) is 20.8 Å². The molecule has 0 aliphatic carbocycles. The third-order valence-corrected chi connectivity index (χ3v) is 8.35. The van der Waals surface area contributed by atoms with Crippen LogP contribution in [0.5, 0.6) is 11.5 Å². The van der Waals surface area contributed by atoms with E-state index in [1.165, 1.54) is 32.4 Å². The molecule has 1 heterocycles. The monoisotopic (exact) mass is 551 g/mol. The van der Waals surface area contributed by atoms with Crippen LogP contribution in [0.1, 0.15) is 29.5 Å². The largest absolute Gasteiger partial charge is 0.493 e. The molecular weight excluding hydrogens is 518 g/mol. The predicted molar refractivity (Wildman–Crippen MR) is 151 cm³/mol. The first-order valence-corrected chi connectivity index (χ1v) is 14.0. The second-order valence-corrected chi connectivity index (χ2v) is 11.4. The first-order chi connectivity index (χ1) is 18.5. The van der Waals surface area contributed by atoms with Gasteiger partial charge in [-0.1, -0.05) is 12.1 Å². The molecule has 1 N–H and O–H groups in total. The summed E-state index contributed by atoms with van der Waals surface area (Å²) in [4.78, 5) is 27.3. The van der Waals surface area contributed by atoms with Crippen molar-refractivity contribution in [3.05, 3.63) is 71.3 Å². The molecule has 4 rings (SSSR count). The van der Waals surface area contributed by atoms with Gasteiger partial charge < -0.3 is 19.7 Å². The maximum atomic E-state index is 13.9. The normalized spacial score (nSPS) is 13.4. The fraction of sp³-hybridized carbons (Fsp3) is 0.310. The van der Waals surface area contributed by atoms with Gasteiger partial charge >= 0.3 is 0 Å². The van der Waals surface area contributed by atoms with Gasteiger partial charge in [-0.15, -0.1) is 0 Å². The quantitative estimate of drug-likeness (QED) is 0.417. The van der Waals surface area contributed by atoms with Crippen molar-refractivity contribution in [2.24, 2.45) is 0 Å². The maximum Gasteiger partial charge on any atom is 0.264 e. The molecule has 1 saturated heterocycles. The van der Waals surface area contributed by atoms with E-state index in [-0.39, 0.29) is 16.6 Å². The molecule has 0 saturated carbocycles. The Morgan fingerprint density at radius 3 is 2.26 bits per heavy atom. The van der Waals surface area contributed by atoms with Gasteiger partial charge in [-0.2, -0.15) is 0 Å². The topological polar surface area (TPSA) is 105 Å². The molecule has 206 valence electrons. The summed E-state index contributed by atoms with van der Waals surface area (Å²) in [7, 11) is -1.29. The van der Waals surface area contributed by atoms with Crippen LogP contribution in [0.2, 0.25) is 0 Å². The van der Waals surface area contributed by atoms with Crippen LogP contribution >= 0.6 is 0 Å². The van der Waals surface area contributed by atoms with Crippen molar-refractivity contribution in [3.8, 4) is 11.5 Å². The van der Waals surface area contributed by atoms with E-state index in [1.54, 1.807) is 29.2 Å². The lowest BCUT2D eigenvalue weighted by atomic mass is 10.1. The molecule has 0 bridgehead atoms. The summed E-state index contributed by atoms with van der Waals surface area (Å²) in [5.74, 6) is 0.162. The minimum Gasteiger partial charge on any atom is -0.493 e. The predicted octanol–water partition coefficient (Wildman–Crippen LogP) is 4.59. The minimum atomic E-state index is -4.18. The average molecular weight is 552 g/mol. The molecule has 0 atom stereocenters. The van der Waals surface area contributed by atoms with Gasteiger partial charge in [0.05, 0.1) is 24.8 Å². The van der Waals surface area contributed by atoms with Crippen LogP contribution in [0.25, 0.3) is 0 Å². The van der Waals surface area contributed by atoms with Gasteiger partial charge in [-0.05, 0) is 80.3 Å². The number of hydrogen-bond acceptors (Lipinski definition) is 6. The fourth-order valence-corrected chi connectivity index (χ4v) is 6.15. The van der Waals surface area contributed by atoms with Gasteiger partial charge in [-0.3, -0.25) is 13.9 Å². The number of methoxy groups -OCH3 is 2. The number of anilines is 3. The van der Waals surface area contributed by atoms with Crippen LogP contribution in [0.4, 0.5) is 17.1 Å². The highest BCUT2D eigenvalue weighted by molar-refractivity contribution is 7.92. The number of nitrogens with zero attached hydrogens (tertiary/aromatic N) is 2. The van der Waals surface area contributed by atoms with Crippen LogP contribution in [0.3, 0.4) is 0 Å². The number of amides is 2. The van der Waals surface area contributed by atoms with Gasteiger partial charge in [-0.25, -0.2) is 8.42 Å². The zero-order valence-corrected chi connectivity index (χ0v) is 23.6. The summed E-state index contributed by atoms with van der Waals surface area (Å²) in [5, 5.41) is 2.81. The average Bonchev–Trinajstić information content (AvgIpc) is 3.32. The Hall–Kier alpha value is -4.05. The number of benzene rings is 3. The summed E-state index contributed by atoms with van der Waals surface area (Å²) in [6, 6.07) is 15.0. The molecule has 10 heteroatoms. The van der Waals surface area contributed by atoms with Crippen molar-refractivity contribution in [1.82, 2.24) is 0 Å². The number of aryl methyl sites for hydroxylation is 3. The van der Waals surface area contributed by atoms with Gasteiger partial charge in [0.1, 0.15) is 6.54 Å². The third-order valence-electron chi connectivity index (χ3n) is 6.58. The zero-order valence-electron chi connectivity index (χ0n) is 22.8. The number of carbonyl (C=O) groups is 2. The summed E-state index contributed by atoms with van der Waals surface area (Å²) in [6.45, 7) is 5.80. The van der Waals surface area contributed by atoms with E-state index in [9.17, 15) is 18.0 Å². The molecule has 1 aliphatic heterocycles. The highest BCUT2D eigenvalue weighted by Gasteiger charge is 2.29. The van der Waals surface area contributed by atoms with Gasteiger partial charge in [0.15, 0.2) is 11.5 Å². The van der Waals surface area contributed by atoms with Crippen LogP contribution in [-0.4, -0.2) is 47.5 Å². The molecular formula is C29H33N3O6S. The SMILES string of the molecule is COc1ccc(S(=O)(=O)N(CC(=O)Nc2ccc(C)c(N3CCCC3=O)c2)c2cc(C)cc(C)c2)cc1OC. The number of hydrogen-bond donors (Lipinski definition) is 1. The lowest BCUT2D eigenvalue weighted by Crippen LogP contribution is -2.38. The first kappa shape index (κ1) is 28.0. The van der Waals surface area contributed by atoms with Crippen molar-refractivity contribution in [1.29, 1.82) is 0 Å². The molecule has 2 amide bonds. The molecule has 3 aromatic carbocycles. The number of sulfonamides is 1. The van der Waals surface area contributed by atoms with E-state index >= 15 is 0 Å². The van der Waals surface area contributed by atoms with Crippen LogP contribution in [-0.2, 0) is 19.6 Å². The Morgan fingerprint density at radius 1 is 0.949 bits per heavy atom. The molecule has 9 nitrogen and oxygen atoms in total. The second kappa shape index (κ2) is 11.4. The number of ether oxygens (including phenoxy) is 2. The molecule has 3 aromatic rings. The van der Waals surface area contributed by atoms with Crippen molar-refractivity contribution in [2.45, 2.75) is 38.5 Å². The highest BCUT2D eigenvalue weighted by atomic mass is 32.2. The summed E-state index contributed by atoms with van der Waals surface area (Å²) >= 11 is 0. The molecule has 0 spiro atoms. The van der Waals surface area contributed by atoms with Crippen molar-refractivity contribution in [2.75, 3.05) is 41.8 Å². The van der Waals surface area contributed by atoms with E-state index in [4.69, 9.17) is 9.47 Å². The molecule has 0 aromatic heterocycles. The Morgan fingerprint density at radius 2 is 1.64 bits per heavy atom. The summed E-state index contributed by atoms with van der Waals surface area (Å²) in [6.07, 6.45) is 1.28. The van der Waals surface area contributed by atoms with E-state index in [0.717, 1.165) is 33.1 Å². The standard InChI is InChI=1S/C29H33N3O6S/c1-19-13-20(2)15-23(14-19)32(39(35,36)24-10-11-26(37-4)27(17-24)38-5)18-28(33)30-22-9-8-21(3)25(16-22)31-12-6-7-29(31)34/h8-11,13-17H,6-7,12,18H2,1-5H3,(H,30,33). The molecule has 1 fully saturated rings. The minimum absolute atomic E-state index is 0.0442. The zero-order chi connectivity index (χ0) is 28.3. The Kier molecular flexibility index (Phi) is 8.15. The van der Waals surface area contributed by atoms with Crippen molar-refractivity contribution >= 4 is 38.9 Å². The Bertz CT molecular complexity index is 1500. The molecule has 39 heavy (non-hydrogen) atoms. The second-order valence-electron chi connectivity index (χ2n) is 9.57. The van der Waals surface area contributed by atoms with Crippen molar-refractivity contribution in [3.63, 3.8) is 0 Å². The molecule has 1 aliphatic rings. The van der Waals surface area contributed by atoms with E-state index in [1.807, 2.05) is 32.9 Å². The Labute approximate surface area is 229 Å². The number of rotatable bonds is 9. The first-order valence-electron chi connectivity index (χ1n) is 12.6. The van der Waals surface area contributed by atoms with Crippen molar-refractivity contribution < 1.29 is 27.5 Å². The third kappa shape index (κ3) is 6.01. The number of carbonyl (C=O) groups excluding carboxylic acids is 2. The lowest BCUT2D eigenvalue weighted by molar-refractivity contribution is -0.117. The van der Waals surface area contributed by atoms with E-state index in [2.05, 4.69) is 5.32 Å². The van der Waals surface area contributed by atoms with Crippen LogP contribution < -0.4 is 24.0 Å². The van der Waals surface area contributed by atoms with E-state index < -0.39 is 22.5 Å². The lowest BCUT2D eigenvalue weighted by Gasteiger charge is -2.25. The van der Waals surface area contributed by atoms with Gasteiger partial charge in [0, 0.05) is 30.4 Å². The van der Waals surface area contributed by atoms with Gasteiger partial charge in [0.25, 0.3) is 10.0 Å². The maximum absolute atomic E-state index is 13.9. The highest BCUT2D eigenvalue weighted by Crippen LogP contribution is 2.33. The Balaban J connectivity index is 1.68. The van der Waals surface area contributed by atoms with Gasteiger partial charge in [0.2, 0.25) is 11.8 Å². The summed E-state index contributed by atoms with van der Waals surface area (Å²) < 4.78 is 39.5. The summed E-state index contributed by atoms with van der Waals surface area (Å²) in [5.41, 5.74) is 4.21. The van der Waals surface area contributed by atoms with Crippen LogP contribution in [0.15, 0.2) is 59.5 Å². The van der Waals surface area contributed by atoms with E-state index in [0.29, 0.717) is 30.1 Å². The molecule has 0 radical (unpaired) electrons. The smallest absolute Gasteiger partial charge is 0.264 e. The number of nitrogens with one attached hydrogen (secondary N) is 1.